The summed E-state index contributed by atoms with van der Waals surface area (Å²) in [5, 5.41) is 2.63. The molecule has 1 fully saturated rings. The predicted octanol–water partition coefficient (Wildman–Crippen LogP) is 2.98. The molecule has 0 aliphatic carbocycles. The Morgan fingerprint density at radius 2 is 1.70 bits per heavy atom. The van der Waals surface area contributed by atoms with Crippen molar-refractivity contribution >= 4 is 45.2 Å². The molecule has 2 atom stereocenters. The van der Waals surface area contributed by atoms with Crippen molar-refractivity contribution in [3.8, 4) is 0 Å². The molecule has 0 bridgehead atoms. The second-order valence-electron chi connectivity index (χ2n) is 8.06. The molecule has 7 nitrogen and oxygen atoms in total. The lowest BCUT2D eigenvalue weighted by Crippen LogP contribution is -2.52. The molecule has 1 aliphatic heterocycles. The molecule has 4 rings (SSSR count). The number of hydrazine groups is 1. The van der Waals surface area contributed by atoms with Crippen LogP contribution in [0, 0.1) is 0 Å². The van der Waals surface area contributed by atoms with Gasteiger partial charge in [0.25, 0.3) is 5.91 Å². The summed E-state index contributed by atoms with van der Waals surface area (Å²) in [5.74, 6) is -0.904. The number of carbonyl (C=O) groups is 2. The standard InChI is InChI=1S/C24H25N3O4S2/c1-17(28)26(15-18-7-3-2-4-8-18)25-24(29)23-14-21(32)16-27(23)33(30,31)22-12-11-19-9-5-6-10-20(19)13-22/h2-13,21,23,32H,14-16H2,1H3,(H,25,29)/t21-,23+/m1/s1. The van der Waals surface area contributed by atoms with E-state index < -0.39 is 22.0 Å². The number of amides is 2. The average molecular weight is 484 g/mol. The summed E-state index contributed by atoms with van der Waals surface area (Å²) in [5.41, 5.74) is 3.46. The summed E-state index contributed by atoms with van der Waals surface area (Å²) in [7, 11) is -3.95. The van der Waals surface area contributed by atoms with Crippen molar-refractivity contribution in [2.24, 2.45) is 0 Å². The Morgan fingerprint density at radius 1 is 1.03 bits per heavy atom. The van der Waals surface area contributed by atoms with Gasteiger partial charge in [-0.15, -0.1) is 0 Å². The van der Waals surface area contributed by atoms with Gasteiger partial charge in [-0.3, -0.25) is 15.0 Å². The van der Waals surface area contributed by atoms with Crippen LogP contribution in [0.4, 0.5) is 0 Å². The molecule has 3 aromatic rings. The fourth-order valence-electron chi connectivity index (χ4n) is 3.95. The van der Waals surface area contributed by atoms with E-state index in [0.717, 1.165) is 16.3 Å². The number of thiol groups is 1. The van der Waals surface area contributed by atoms with E-state index in [0.29, 0.717) is 0 Å². The molecule has 0 aromatic heterocycles. The normalized spacial score (nSPS) is 18.8. The number of benzene rings is 3. The predicted molar refractivity (Wildman–Crippen MR) is 130 cm³/mol. The highest BCUT2D eigenvalue weighted by Gasteiger charge is 2.43. The molecular formula is C24H25N3O4S2. The van der Waals surface area contributed by atoms with Crippen molar-refractivity contribution in [2.75, 3.05) is 6.54 Å². The van der Waals surface area contributed by atoms with Crippen molar-refractivity contribution in [3.63, 3.8) is 0 Å². The summed E-state index contributed by atoms with van der Waals surface area (Å²) < 4.78 is 28.1. The minimum absolute atomic E-state index is 0.106. The van der Waals surface area contributed by atoms with Crippen molar-refractivity contribution in [1.82, 2.24) is 14.7 Å². The monoisotopic (exact) mass is 483 g/mol. The lowest BCUT2D eigenvalue weighted by atomic mass is 10.1. The second kappa shape index (κ2) is 9.54. The molecule has 1 saturated heterocycles. The van der Waals surface area contributed by atoms with Crippen LogP contribution in [0.5, 0.6) is 0 Å². The third kappa shape index (κ3) is 5.05. The van der Waals surface area contributed by atoms with Crippen LogP contribution in [0.2, 0.25) is 0 Å². The van der Waals surface area contributed by atoms with E-state index >= 15 is 0 Å². The number of sulfonamides is 1. The maximum Gasteiger partial charge on any atom is 0.257 e. The van der Waals surface area contributed by atoms with E-state index in [4.69, 9.17) is 0 Å². The Bertz CT molecular complexity index is 1280. The van der Waals surface area contributed by atoms with E-state index in [1.807, 2.05) is 54.6 Å². The third-order valence-electron chi connectivity index (χ3n) is 5.67. The van der Waals surface area contributed by atoms with E-state index in [9.17, 15) is 18.0 Å². The van der Waals surface area contributed by atoms with Crippen LogP contribution in [0.25, 0.3) is 10.8 Å². The first kappa shape index (κ1) is 23.3. The Labute approximate surface area is 198 Å². The van der Waals surface area contributed by atoms with Crippen LogP contribution in [0.15, 0.2) is 77.7 Å². The number of fused-ring (bicyclic) bond motifs is 1. The maximum absolute atomic E-state index is 13.5. The van der Waals surface area contributed by atoms with Crippen LogP contribution in [-0.2, 0) is 26.2 Å². The van der Waals surface area contributed by atoms with Crippen molar-refractivity contribution in [1.29, 1.82) is 0 Å². The lowest BCUT2D eigenvalue weighted by Gasteiger charge is -2.27. The van der Waals surface area contributed by atoms with Gasteiger partial charge in [-0.05, 0) is 34.9 Å². The third-order valence-corrected chi connectivity index (χ3v) is 7.92. The molecule has 3 aromatic carbocycles. The molecule has 0 saturated carbocycles. The molecule has 0 radical (unpaired) electrons. The van der Waals surface area contributed by atoms with Gasteiger partial charge in [0.05, 0.1) is 11.4 Å². The summed E-state index contributed by atoms with van der Waals surface area (Å²) in [6.45, 7) is 1.63. The van der Waals surface area contributed by atoms with E-state index in [2.05, 4.69) is 18.1 Å². The van der Waals surface area contributed by atoms with Crippen LogP contribution >= 0.6 is 12.6 Å². The number of nitrogens with one attached hydrogen (secondary N) is 1. The zero-order chi connectivity index (χ0) is 23.6. The van der Waals surface area contributed by atoms with Crippen LogP contribution < -0.4 is 5.43 Å². The molecule has 2 amide bonds. The molecule has 0 unspecified atom stereocenters. The lowest BCUT2D eigenvalue weighted by molar-refractivity contribution is -0.142. The van der Waals surface area contributed by atoms with Gasteiger partial charge >= 0.3 is 0 Å². The summed E-state index contributed by atoms with van der Waals surface area (Å²) >= 11 is 4.45. The van der Waals surface area contributed by atoms with Crippen molar-refractivity contribution in [2.45, 2.75) is 36.1 Å². The Morgan fingerprint density at radius 3 is 2.39 bits per heavy atom. The Balaban J connectivity index is 1.58. The van der Waals surface area contributed by atoms with Crippen molar-refractivity contribution < 1.29 is 18.0 Å². The molecule has 9 heteroatoms. The van der Waals surface area contributed by atoms with Crippen LogP contribution in [-0.4, -0.2) is 47.4 Å². The Hall–Kier alpha value is -2.88. The summed E-state index contributed by atoms with van der Waals surface area (Å²) in [6, 6.07) is 20.7. The minimum atomic E-state index is -3.95. The number of nitrogens with zero attached hydrogens (tertiary/aromatic N) is 2. The molecular weight excluding hydrogens is 458 g/mol. The summed E-state index contributed by atoms with van der Waals surface area (Å²) in [6.07, 6.45) is 0.249. The topological polar surface area (TPSA) is 86.8 Å². The number of rotatable bonds is 5. The number of hydrogen-bond acceptors (Lipinski definition) is 5. The highest BCUT2D eigenvalue weighted by Crippen LogP contribution is 2.30. The van der Waals surface area contributed by atoms with Gasteiger partial charge < -0.3 is 0 Å². The fraction of sp³-hybridized carbons (Fsp3) is 0.250. The highest BCUT2D eigenvalue weighted by atomic mass is 32.2. The van der Waals surface area contributed by atoms with Gasteiger partial charge in [-0.1, -0.05) is 60.7 Å². The van der Waals surface area contributed by atoms with Gasteiger partial charge in [-0.25, -0.2) is 13.4 Å². The molecule has 1 heterocycles. The van der Waals surface area contributed by atoms with Gasteiger partial charge in [-0.2, -0.15) is 16.9 Å². The van der Waals surface area contributed by atoms with Crippen molar-refractivity contribution in [3.05, 3.63) is 78.4 Å². The largest absolute Gasteiger partial charge is 0.273 e. The molecule has 1 aliphatic rings. The minimum Gasteiger partial charge on any atom is -0.273 e. The average Bonchev–Trinajstić information content (AvgIpc) is 3.21. The molecule has 1 N–H and O–H groups in total. The van der Waals surface area contributed by atoms with Crippen LogP contribution in [0.1, 0.15) is 18.9 Å². The number of carbonyl (C=O) groups excluding carboxylic acids is 2. The SMILES string of the molecule is CC(=O)N(Cc1ccccc1)NC(=O)[C@@H]1C[C@@H](S)CN1S(=O)(=O)c1ccc2ccccc2c1. The first-order valence-electron chi connectivity index (χ1n) is 10.6. The smallest absolute Gasteiger partial charge is 0.257 e. The molecule has 0 spiro atoms. The first-order chi connectivity index (χ1) is 15.8. The molecule has 33 heavy (non-hydrogen) atoms. The maximum atomic E-state index is 13.5. The van der Waals surface area contributed by atoms with E-state index in [1.54, 1.807) is 18.2 Å². The van der Waals surface area contributed by atoms with Crippen LogP contribution in [0.3, 0.4) is 0 Å². The quantitative estimate of drug-likeness (QED) is 0.432. The van der Waals surface area contributed by atoms with Gasteiger partial charge in [0.15, 0.2) is 0 Å². The van der Waals surface area contributed by atoms with Gasteiger partial charge in [0.2, 0.25) is 15.9 Å². The van der Waals surface area contributed by atoms with E-state index in [-0.39, 0.29) is 35.6 Å². The number of hydrogen-bond donors (Lipinski definition) is 2. The van der Waals surface area contributed by atoms with Gasteiger partial charge in [0.1, 0.15) is 6.04 Å². The molecule has 172 valence electrons. The van der Waals surface area contributed by atoms with E-state index in [1.165, 1.54) is 16.2 Å². The fourth-order valence-corrected chi connectivity index (χ4v) is 6.12. The zero-order valence-corrected chi connectivity index (χ0v) is 19.8. The zero-order valence-electron chi connectivity index (χ0n) is 18.1. The van der Waals surface area contributed by atoms with Gasteiger partial charge in [0, 0.05) is 18.7 Å². The summed E-state index contributed by atoms with van der Waals surface area (Å²) in [4.78, 5) is 25.4. The first-order valence-corrected chi connectivity index (χ1v) is 12.5. The highest BCUT2D eigenvalue weighted by molar-refractivity contribution is 7.89. The Kier molecular flexibility index (Phi) is 6.73. The second-order valence-corrected chi connectivity index (χ2v) is 10.7.